The van der Waals surface area contributed by atoms with Gasteiger partial charge in [-0.05, 0) is 24.6 Å². The van der Waals surface area contributed by atoms with Gasteiger partial charge < -0.3 is 20.6 Å². The summed E-state index contributed by atoms with van der Waals surface area (Å²) in [5, 5.41) is 14.4. The number of carbonyl (C=O) groups is 1. The number of halogens is 4. The molecule has 1 saturated heterocycles. The zero-order valence-corrected chi connectivity index (χ0v) is 20.8. The summed E-state index contributed by atoms with van der Waals surface area (Å²) in [7, 11) is 1.71. The molecule has 0 spiro atoms. The second kappa shape index (κ2) is 12.0. The number of piperazine rings is 1. The SMILES string of the molecule is CC#CCn1c(N2CCNCC2)nc2nc(NCc3ccc(Cl)cc3)n(C)c(=O)c21.O=C(O)C(F)(F)F. The summed E-state index contributed by atoms with van der Waals surface area (Å²) in [5.41, 5.74) is 1.80. The molecule has 198 valence electrons. The van der Waals surface area contributed by atoms with Crippen LogP contribution in [-0.2, 0) is 24.9 Å². The van der Waals surface area contributed by atoms with Crippen LogP contribution in [0.2, 0.25) is 5.02 Å². The number of benzene rings is 1. The van der Waals surface area contributed by atoms with E-state index < -0.39 is 12.1 Å². The summed E-state index contributed by atoms with van der Waals surface area (Å²) < 4.78 is 35.1. The van der Waals surface area contributed by atoms with Crippen molar-refractivity contribution in [1.82, 2.24) is 24.4 Å². The van der Waals surface area contributed by atoms with Crippen LogP contribution >= 0.6 is 11.6 Å². The van der Waals surface area contributed by atoms with Gasteiger partial charge in [0.1, 0.15) is 0 Å². The minimum Gasteiger partial charge on any atom is -0.475 e. The maximum absolute atomic E-state index is 13.2. The highest BCUT2D eigenvalue weighted by Crippen LogP contribution is 2.21. The molecule has 2 aromatic heterocycles. The lowest BCUT2D eigenvalue weighted by molar-refractivity contribution is -0.192. The molecular weight excluding hydrogens is 515 g/mol. The molecule has 4 rings (SSSR count). The van der Waals surface area contributed by atoms with E-state index in [9.17, 15) is 18.0 Å². The van der Waals surface area contributed by atoms with Gasteiger partial charge in [0.05, 0.1) is 6.54 Å². The molecule has 0 unspecified atom stereocenters. The highest BCUT2D eigenvalue weighted by Gasteiger charge is 2.38. The van der Waals surface area contributed by atoms with Crippen LogP contribution in [0.25, 0.3) is 11.2 Å². The molecule has 1 aliphatic rings. The monoisotopic (exact) mass is 539 g/mol. The first kappa shape index (κ1) is 27.8. The summed E-state index contributed by atoms with van der Waals surface area (Å²) >= 11 is 5.95. The number of rotatable bonds is 5. The topological polar surface area (TPSA) is 117 Å². The molecule has 10 nitrogen and oxygen atoms in total. The van der Waals surface area contributed by atoms with Crippen LogP contribution in [0.1, 0.15) is 12.5 Å². The van der Waals surface area contributed by atoms with Crippen molar-refractivity contribution in [3.63, 3.8) is 0 Å². The third-order valence-electron chi connectivity index (χ3n) is 5.39. The van der Waals surface area contributed by atoms with Crippen LogP contribution in [0, 0.1) is 11.8 Å². The van der Waals surface area contributed by atoms with E-state index in [0.29, 0.717) is 35.2 Å². The highest BCUT2D eigenvalue weighted by molar-refractivity contribution is 6.30. The molecule has 1 aromatic carbocycles. The van der Waals surface area contributed by atoms with E-state index in [4.69, 9.17) is 26.5 Å². The van der Waals surface area contributed by atoms with Crippen LogP contribution in [0.3, 0.4) is 0 Å². The number of alkyl halides is 3. The Morgan fingerprint density at radius 1 is 1.22 bits per heavy atom. The molecule has 0 atom stereocenters. The average Bonchev–Trinajstić information content (AvgIpc) is 3.23. The maximum atomic E-state index is 13.2. The fourth-order valence-corrected chi connectivity index (χ4v) is 3.63. The van der Waals surface area contributed by atoms with Crippen LogP contribution in [-0.4, -0.2) is 62.5 Å². The van der Waals surface area contributed by atoms with Crippen molar-refractivity contribution in [3.05, 3.63) is 45.2 Å². The Bertz CT molecular complexity index is 1370. The first-order chi connectivity index (χ1) is 17.5. The fraction of sp³-hybridized carbons (Fsp3) is 0.391. The molecule has 0 amide bonds. The zero-order valence-electron chi connectivity index (χ0n) is 20.1. The molecule has 3 aromatic rings. The van der Waals surface area contributed by atoms with E-state index in [1.54, 1.807) is 14.0 Å². The largest absolute Gasteiger partial charge is 0.490 e. The number of nitrogens with zero attached hydrogens (tertiary/aromatic N) is 5. The smallest absolute Gasteiger partial charge is 0.475 e. The molecule has 0 saturated carbocycles. The molecule has 3 heterocycles. The lowest BCUT2D eigenvalue weighted by Gasteiger charge is -2.28. The van der Waals surface area contributed by atoms with E-state index in [-0.39, 0.29) is 5.56 Å². The number of imidazole rings is 1. The number of fused-ring (bicyclic) bond motifs is 1. The van der Waals surface area contributed by atoms with Gasteiger partial charge in [0.25, 0.3) is 5.56 Å². The minimum absolute atomic E-state index is 0.148. The van der Waals surface area contributed by atoms with Crippen molar-refractivity contribution in [2.45, 2.75) is 26.2 Å². The summed E-state index contributed by atoms with van der Waals surface area (Å²) in [6, 6.07) is 7.55. The van der Waals surface area contributed by atoms with E-state index in [1.807, 2.05) is 28.8 Å². The molecule has 0 bridgehead atoms. The van der Waals surface area contributed by atoms with Gasteiger partial charge in [-0.15, -0.1) is 5.92 Å². The standard InChI is InChI=1S/C21H24ClN7O.C2HF3O2/c1-3-4-11-29-17-18(26-21(29)28-12-9-23-10-13-28)25-20(27(2)19(17)30)24-14-15-5-7-16(22)8-6-15;3-2(4,5)1(6)7/h5-8,23H,9-14H2,1-2H3,(H,24,25);(H,6,7). The number of anilines is 2. The Morgan fingerprint density at radius 3 is 2.41 bits per heavy atom. The van der Waals surface area contributed by atoms with Crippen molar-refractivity contribution in [2.24, 2.45) is 7.05 Å². The van der Waals surface area contributed by atoms with Crippen molar-refractivity contribution in [3.8, 4) is 11.8 Å². The first-order valence-electron chi connectivity index (χ1n) is 11.1. The van der Waals surface area contributed by atoms with Gasteiger partial charge >= 0.3 is 12.1 Å². The van der Waals surface area contributed by atoms with Gasteiger partial charge in [0, 0.05) is 44.8 Å². The summed E-state index contributed by atoms with van der Waals surface area (Å²) in [4.78, 5) is 33.7. The Balaban J connectivity index is 0.000000479. The second-order valence-corrected chi connectivity index (χ2v) is 8.35. The zero-order chi connectivity index (χ0) is 27.2. The Morgan fingerprint density at radius 2 is 1.84 bits per heavy atom. The molecule has 3 N–H and O–H groups in total. The van der Waals surface area contributed by atoms with Gasteiger partial charge in [-0.1, -0.05) is 29.7 Å². The van der Waals surface area contributed by atoms with Crippen LogP contribution in [0.5, 0.6) is 0 Å². The third-order valence-corrected chi connectivity index (χ3v) is 5.64. The van der Waals surface area contributed by atoms with Crippen LogP contribution < -0.4 is 21.1 Å². The quantitative estimate of drug-likeness (QED) is 0.423. The summed E-state index contributed by atoms with van der Waals surface area (Å²) in [6.07, 6.45) is -5.08. The lowest BCUT2D eigenvalue weighted by atomic mass is 10.2. The molecule has 1 aliphatic heterocycles. The van der Waals surface area contributed by atoms with E-state index in [0.717, 1.165) is 37.7 Å². The van der Waals surface area contributed by atoms with Gasteiger partial charge in [-0.2, -0.15) is 23.1 Å². The van der Waals surface area contributed by atoms with E-state index in [1.165, 1.54) is 4.57 Å². The number of hydrogen-bond donors (Lipinski definition) is 3. The molecule has 0 aliphatic carbocycles. The van der Waals surface area contributed by atoms with Crippen molar-refractivity contribution in [2.75, 3.05) is 36.4 Å². The van der Waals surface area contributed by atoms with Gasteiger partial charge in [-0.3, -0.25) is 13.9 Å². The van der Waals surface area contributed by atoms with Gasteiger partial charge in [0.15, 0.2) is 11.2 Å². The van der Waals surface area contributed by atoms with Crippen LogP contribution in [0.4, 0.5) is 25.1 Å². The Labute approximate surface area is 215 Å². The molecule has 37 heavy (non-hydrogen) atoms. The lowest BCUT2D eigenvalue weighted by Crippen LogP contribution is -2.44. The number of carboxylic acid groups (broad SMARTS) is 1. The number of nitrogens with one attached hydrogen (secondary N) is 2. The van der Waals surface area contributed by atoms with Crippen molar-refractivity contribution >= 4 is 40.6 Å². The minimum atomic E-state index is -5.08. The third kappa shape index (κ3) is 6.93. The molecule has 1 fully saturated rings. The normalized spacial score (nSPS) is 13.4. The Hall–Kier alpha value is -3.76. The van der Waals surface area contributed by atoms with E-state index >= 15 is 0 Å². The van der Waals surface area contributed by atoms with Crippen LogP contribution in [0.15, 0.2) is 29.1 Å². The van der Waals surface area contributed by atoms with Crippen molar-refractivity contribution < 1.29 is 23.1 Å². The number of hydrogen-bond acceptors (Lipinski definition) is 7. The molecule has 14 heteroatoms. The predicted octanol–water partition coefficient (Wildman–Crippen LogP) is 2.46. The second-order valence-electron chi connectivity index (χ2n) is 7.92. The maximum Gasteiger partial charge on any atom is 0.490 e. The number of carboxylic acids is 1. The van der Waals surface area contributed by atoms with E-state index in [2.05, 4.69) is 32.4 Å². The van der Waals surface area contributed by atoms with Gasteiger partial charge in [0.2, 0.25) is 11.9 Å². The summed E-state index contributed by atoms with van der Waals surface area (Å²) in [5.74, 6) is 4.43. The summed E-state index contributed by atoms with van der Waals surface area (Å²) in [6.45, 7) is 6.12. The van der Waals surface area contributed by atoms with Gasteiger partial charge in [-0.25, -0.2) is 4.79 Å². The highest BCUT2D eigenvalue weighted by atomic mass is 35.5. The Kier molecular flexibility index (Phi) is 9.01. The first-order valence-corrected chi connectivity index (χ1v) is 11.5. The predicted molar refractivity (Wildman–Crippen MR) is 134 cm³/mol. The van der Waals surface area contributed by atoms with Crippen molar-refractivity contribution in [1.29, 1.82) is 0 Å². The molecular formula is C23H25ClF3N7O3. The molecule has 0 radical (unpaired) electrons. The number of aromatic nitrogens is 4. The fourth-order valence-electron chi connectivity index (χ4n) is 3.50. The number of aliphatic carboxylic acids is 1. The average molecular weight is 540 g/mol.